The summed E-state index contributed by atoms with van der Waals surface area (Å²) in [6.07, 6.45) is 60.3. The van der Waals surface area contributed by atoms with Gasteiger partial charge in [0.2, 0.25) is 0 Å². The molecule has 0 rings (SSSR count). The molecule has 0 fully saturated rings. The van der Waals surface area contributed by atoms with Gasteiger partial charge >= 0.3 is 19.8 Å². The average Bonchev–Trinajstić information content (AvgIpc) is 3.29. The quantitative estimate of drug-likeness (QED) is 0.0232. The normalized spacial score (nSPS) is 14.0. The highest BCUT2D eigenvalue weighted by Crippen LogP contribution is 2.43. The van der Waals surface area contributed by atoms with Crippen molar-refractivity contribution in [2.24, 2.45) is 5.73 Å². The Morgan fingerprint density at radius 3 is 1.31 bits per heavy atom. The molecular weight excluding hydrogens is 838 g/mol. The second kappa shape index (κ2) is 49.8. The minimum Gasteiger partial charge on any atom is -0.480 e. The Labute approximate surface area is 399 Å². The number of esters is 1. The van der Waals surface area contributed by atoms with Crippen molar-refractivity contribution in [2.45, 2.75) is 257 Å². The molecule has 0 aliphatic rings. The van der Waals surface area contributed by atoms with Crippen LogP contribution in [-0.4, -0.2) is 60.5 Å². The van der Waals surface area contributed by atoms with Crippen LogP contribution in [0.2, 0.25) is 0 Å². The number of carboxylic acids is 1. The molecule has 0 heterocycles. The van der Waals surface area contributed by atoms with Gasteiger partial charge in [-0.1, -0.05) is 210 Å². The maximum atomic E-state index is 12.7. The van der Waals surface area contributed by atoms with Crippen molar-refractivity contribution < 1.29 is 42.7 Å². The van der Waals surface area contributed by atoms with Gasteiger partial charge in [-0.2, -0.15) is 0 Å². The zero-order chi connectivity index (χ0) is 47.6. The molecule has 0 radical (unpaired) electrons. The highest BCUT2D eigenvalue weighted by molar-refractivity contribution is 7.47. The molecule has 380 valence electrons. The van der Waals surface area contributed by atoms with E-state index in [1.807, 2.05) is 0 Å². The number of allylic oxidation sites excluding steroid dienone is 8. The molecule has 10 nitrogen and oxygen atoms in total. The Kier molecular flexibility index (Phi) is 48.2. The Hall–Kier alpha value is -2.07. The number of carboxylic acid groups (broad SMARTS) is 1. The molecule has 3 unspecified atom stereocenters. The number of rotatable bonds is 51. The number of carbonyl (C=O) groups excluding carboxylic acids is 1. The fourth-order valence-electron chi connectivity index (χ4n) is 7.43. The van der Waals surface area contributed by atoms with Crippen LogP contribution >= 0.6 is 7.82 Å². The van der Waals surface area contributed by atoms with Gasteiger partial charge in [0.25, 0.3) is 0 Å². The van der Waals surface area contributed by atoms with E-state index in [1.54, 1.807) is 0 Å². The first-order chi connectivity index (χ1) is 31.7. The van der Waals surface area contributed by atoms with Crippen molar-refractivity contribution in [2.75, 3.05) is 26.4 Å². The van der Waals surface area contributed by atoms with Gasteiger partial charge in [-0.15, -0.1) is 0 Å². The Morgan fingerprint density at radius 1 is 0.492 bits per heavy atom. The van der Waals surface area contributed by atoms with Crippen molar-refractivity contribution >= 4 is 19.8 Å². The number of carbonyl (C=O) groups is 2. The van der Waals surface area contributed by atoms with E-state index in [-0.39, 0.29) is 13.0 Å². The number of phosphoric acid groups is 1. The topological polar surface area (TPSA) is 155 Å². The summed E-state index contributed by atoms with van der Waals surface area (Å²) >= 11 is 0. The van der Waals surface area contributed by atoms with Crippen LogP contribution in [0.25, 0.3) is 0 Å². The fraction of sp³-hybridized carbons (Fsp3) is 0.815. The van der Waals surface area contributed by atoms with E-state index in [9.17, 15) is 19.0 Å². The maximum absolute atomic E-state index is 12.7. The largest absolute Gasteiger partial charge is 0.480 e. The van der Waals surface area contributed by atoms with Crippen LogP contribution in [0.4, 0.5) is 0 Å². The Balaban J connectivity index is 4.12. The highest BCUT2D eigenvalue weighted by Gasteiger charge is 2.27. The highest BCUT2D eigenvalue weighted by atomic mass is 31.2. The molecule has 0 amide bonds. The lowest BCUT2D eigenvalue weighted by molar-refractivity contribution is -0.154. The lowest BCUT2D eigenvalue weighted by atomic mass is 10.0. The summed E-state index contributed by atoms with van der Waals surface area (Å²) in [6, 6.07) is -1.48. The first-order valence-electron chi connectivity index (χ1n) is 26.7. The summed E-state index contributed by atoms with van der Waals surface area (Å²) in [5.41, 5.74) is 5.38. The summed E-state index contributed by atoms with van der Waals surface area (Å²) in [5, 5.41) is 8.94. The van der Waals surface area contributed by atoms with Gasteiger partial charge < -0.3 is 25.2 Å². The SMILES string of the molecule is CCCCC/C=C\C/C=C\C/C=C\CCCCCCCCC(=O)OC(COCCCCCCCCCCCCCC/C=C\CCCCCCCCCC)COP(=O)(O)OCC(N)C(=O)O. The Bertz CT molecular complexity index is 1220. The van der Waals surface area contributed by atoms with Gasteiger partial charge in [0.15, 0.2) is 0 Å². The molecule has 65 heavy (non-hydrogen) atoms. The first-order valence-corrected chi connectivity index (χ1v) is 28.2. The zero-order valence-corrected chi connectivity index (χ0v) is 42.7. The molecule has 0 aliphatic heterocycles. The molecule has 0 aromatic rings. The summed E-state index contributed by atoms with van der Waals surface area (Å²) < 4.78 is 33.5. The number of phosphoric ester groups is 1. The van der Waals surface area contributed by atoms with Gasteiger partial charge in [0.1, 0.15) is 12.1 Å². The average molecular weight is 938 g/mol. The van der Waals surface area contributed by atoms with Crippen LogP contribution < -0.4 is 5.73 Å². The van der Waals surface area contributed by atoms with Gasteiger partial charge in [-0.05, 0) is 77.0 Å². The maximum Gasteiger partial charge on any atom is 0.472 e. The molecule has 0 aromatic carbocycles. The minimum absolute atomic E-state index is 0.0116. The van der Waals surface area contributed by atoms with E-state index in [0.717, 1.165) is 70.6 Å². The van der Waals surface area contributed by atoms with Crippen molar-refractivity contribution in [3.05, 3.63) is 48.6 Å². The van der Waals surface area contributed by atoms with Crippen LogP contribution in [0.5, 0.6) is 0 Å². The first kappa shape index (κ1) is 62.9. The Morgan fingerprint density at radius 2 is 0.846 bits per heavy atom. The van der Waals surface area contributed by atoms with Gasteiger partial charge in [-0.25, -0.2) is 4.57 Å². The van der Waals surface area contributed by atoms with Crippen molar-refractivity contribution in [1.29, 1.82) is 0 Å². The molecule has 0 saturated carbocycles. The summed E-state index contributed by atoms with van der Waals surface area (Å²) in [5.74, 6) is -1.79. The third-order valence-corrected chi connectivity index (χ3v) is 12.5. The second-order valence-electron chi connectivity index (χ2n) is 18.0. The van der Waals surface area contributed by atoms with Crippen LogP contribution in [0.3, 0.4) is 0 Å². The van der Waals surface area contributed by atoms with Gasteiger partial charge in [0.05, 0.1) is 19.8 Å². The van der Waals surface area contributed by atoms with Gasteiger partial charge in [0, 0.05) is 13.0 Å². The molecule has 0 aliphatic carbocycles. The smallest absolute Gasteiger partial charge is 0.472 e. The van der Waals surface area contributed by atoms with Gasteiger partial charge in [-0.3, -0.25) is 18.6 Å². The molecule has 0 bridgehead atoms. The van der Waals surface area contributed by atoms with Crippen LogP contribution in [0.15, 0.2) is 48.6 Å². The van der Waals surface area contributed by atoms with E-state index < -0.39 is 45.1 Å². The predicted octanol–water partition coefficient (Wildman–Crippen LogP) is 15.8. The minimum atomic E-state index is -4.63. The lowest BCUT2D eigenvalue weighted by Gasteiger charge is -2.20. The number of nitrogens with two attached hydrogens (primary N) is 1. The molecule has 4 N–H and O–H groups in total. The third kappa shape index (κ3) is 49.7. The number of hydrogen-bond donors (Lipinski definition) is 3. The summed E-state index contributed by atoms with van der Waals surface area (Å²) in [4.78, 5) is 33.7. The molecule has 0 spiro atoms. The van der Waals surface area contributed by atoms with Crippen LogP contribution in [0, 0.1) is 0 Å². The number of aliphatic carboxylic acids is 1. The third-order valence-electron chi connectivity index (χ3n) is 11.6. The number of ether oxygens (including phenoxy) is 2. The molecule has 11 heteroatoms. The molecule has 0 aromatic heterocycles. The van der Waals surface area contributed by atoms with Crippen molar-refractivity contribution in [3.63, 3.8) is 0 Å². The van der Waals surface area contributed by atoms with Crippen LogP contribution in [-0.2, 0) is 32.7 Å². The van der Waals surface area contributed by atoms with E-state index in [0.29, 0.717) is 13.0 Å². The lowest BCUT2D eigenvalue weighted by Crippen LogP contribution is -2.34. The summed E-state index contributed by atoms with van der Waals surface area (Å²) in [6.45, 7) is 3.87. The standard InChI is InChI=1S/C54H100NO9P/c1-3-5-7-9-11-13-15-17-19-21-23-24-25-26-27-29-31-33-35-37-39-41-43-45-47-61-48-51(49-62-65(59,60)63-50-52(55)54(57)58)64-53(56)46-44-42-40-38-36-34-32-30-28-22-20-18-16-14-12-10-8-6-4-2/h12,14,18,20-21,23,28,30,51-52H,3-11,13,15-17,19,22,24-27,29,31-50,55H2,1-2H3,(H,57,58)(H,59,60)/b14-12-,20-18-,23-21-,30-28-. The predicted molar refractivity (Wildman–Crippen MR) is 272 cm³/mol. The number of unbranched alkanes of at least 4 members (excludes halogenated alkanes) is 29. The molecule has 0 saturated heterocycles. The van der Waals surface area contributed by atoms with Crippen LogP contribution in [0.1, 0.15) is 245 Å². The molecule has 3 atom stereocenters. The second-order valence-corrected chi connectivity index (χ2v) is 19.5. The fourth-order valence-corrected chi connectivity index (χ4v) is 8.21. The van der Waals surface area contributed by atoms with E-state index in [1.165, 1.54) is 148 Å². The van der Waals surface area contributed by atoms with E-state index >= 15 is 0 Å². The number of hydrogen-bond acceptors (Lipinski definition) is 8. The monoisotopic (exact) mass is 938 g/mol. The van der Waals surface area contributed by atoms with Crippen molar-refractivity contribution in [3.8, 4) is 0 Å². The van der Waals surface area contributed by atoms with E-state index in [4.69, 9.17) is 29.4 Å². The van der Waals surface area contributed by atoms with Crippen molar-refractivity contribution in [1.82, 2.24) is 0 Å². The molecular formula is C54H100NO9P. The summed E-state index contributed by atoms with van der Waals surface area (Å²) in [7, 11) is -4.63. The zero-order valence-electron chi connectivity index (χ0n) is 41.8. The van der Waals surface area contributed by atoms with E-state index in [2.05, 4.69) is 62.5 Å².